The molecule has 2 aromatic rings. The van der Waals surface area contributed by atoms with Crippen molar-refractivity contribution in [2.45, 2.75) is 19.3 Å². The molecule has 1 heterocycles. The quantitative estimate of drug-likeness (QED) is 0.874. The van der Waals surface area contributed by atoms with Crippen molar-refractivity contribution in [1.82, 2.24) is 10.1 Å². The zero-order chi connectivity index (χ0) is 12.3. The van der Waals surface area contributed by atoms with E-state index in [-0.39, 0.29) is 11.9 Å². The Labute approximate surface area is 99.6 Å². The second-order valence-corrected chi connectivity index (χ2v) is 3.94. The Morgan fingerprint density at radius 3 is 2.59 bits per heavy atom. The number of methoxy groups -OCH3 is 1. The molecule has 0 spiro atoms. The van der Waals surface area contributed by atoms with Gasteiger partial charge in [-0.1, -0.05) is 24.2 Å². The Morgan fingerprint density at radius 1 is 1.35 bits per heavy atom. The molecule has 2 N–H and O–H groups in total. The molecule has 0 fully saturated rings. The summed E-state index contributed by atoms with van der Waals surface area (Å²) in [6, 6.07) is 8.04. The summed E-state index contributed by atoms with van der Waals surface area (Å²) in [5, 5.41) is 3.81. The van der Waals surface area contributed by atoms with Crippen molar-refractivity contribution >= 4 is 6.01 Å². The predicted octanol–water partition coefficient (Wildman–Crippen LogP) is 2.01. The predicted molar refractivity (Wildman–Crippen MR) is 63.8 cm³/mol. The normalized spacial score (nSPS) is 12.4. The summed E-state index contributed by atoms with van der Waals surface area (Å²) in [6.07, 6.45) is 0.836. The first-order valence-corrected chi connectivity index (χ1v) is 5.41. The second-order valence-electron chi connectivity index (χ2n) is 3.94. The number of anilines is 1. The van der Waals surface area contributed by atoms with E-state index < -0.39 is 0 Å². The van der Waals surface area contributed by atoms with Gasteiger partial charge in [-0.25, -0.2) is 0 Å². The van der Waals surface area contributed by atoms with Crippen LogP contribution in [0, 0.1) is 0 Å². The molecule has 1 aromatic carbocycles. The molecule has 0 aliphatic heterocycles. The molecule has 5 heteroatoms. The summed E-state index contributed by atoms with van der Waals surface area (Å²) < 4.78 is 9.86. The van der Waals surface area contributed by atoms with Crippen LogP contribution in [-0.4, -0.2) is 17.3 Å². The van der Waals surface area contributed by atoms with E-state index in [1.54, 1.807) is 7.11 Å². The van der Waals surface area contributed by atoms with Crippen LogP contribution >= 0.6 is 0 Å². The van der Waals surface area contributed by atoms with Gasteiger partial charge >= 0.3 is 6.01 Å². The van der Waals surface area contributed by atoms with Crippen molar-refractivity contribution in [1.29, 1.82) is 0 Å². The van der Waals surface area contributed by atoms with Gasteiger partial charge < -0.3 is 15.0 Å². The third-order valence-electron chi connectivity index (χ3n) is 2.60. The van der Waals surface area contributed by atoms with Crippen molar-refractivity contribution in [3.8, 4) is 5.75 Å². The van der Waals surface area contributed by atoms with Gasteiger partial charge in [0.25, 0.3) is 0 Å². The monoisotopic (exact) mass is 233 g/mol. The summed E-state index contributed by atoms with van der Waals surface area (Å²) in [5.74, 6) is 1.66. The molecule has 5 nitrogen and oxygen atoms in total. The van der Waals surface area contributed by atoms with Gasteiger partial charge in [0, 0.05) is 5.92 Å². The lowest BCUT2D eigenvalue weighted by Gasteiger charge is -2.07. The zero-order valence-electron chi connectivity index (χ0n) is 9.88. The van der Waals surface area contributed by atoms with Gasteiger partial charge in [0.05, 0.1) is 7.11 Å². The van der Waals surface area contributed by atoms with Crippen molar-refractivity contribution in [2.24, 2.45) is 0 Å². The van der Waals surface area contributed by atoms with Crippen LogP contribution in [0.1, 0.15) is 24.2 Å². The molecule has 0 amide bonds. The molecule has 1 aromatic heterocycles. The minimum atomic E-state index is 0.113. The third kappa shape index (κ3) is 2.75. The van der Waals surface area contributed by atoms with Crippen LogP contribution < -0.4 is 10.5 Å². The molecule has 0 aliphatic rings. The number of hydrogen-bond acceptors (Lipinski definition) is 5. The number of benzene rings is 1. The van der Waals surface area contributed by atoms with E-state index in [1.165, 1.54) is 5.56 Å². The molecule has 0 saturated heterocycles. The van der Waals surface area contributed by atoms with Crippen molar-refractivity contribution < 1.29 is 9.26 Å². The average molecular weight is 233 g/mol. The smallest absolute Gasteiger partial charge is 0.318 e. The Morgan fingerprint density at radius 2 is 2.06 bits per heavy atom. The van der Waals surface area contributed by atoms with Gasteiger partial charge in [0.1, 0.15) is 5.75 Å². The molecule has 90 valence electrons. The molecule has 0 aliphatic carbocycles. The summed E-state index contributed by atoms with van der Waals surface area (Å²) >= 11 is 0. The average Bonchev–Trinajstić information content (AvgIpc) is 2.77. The number of nitrogens with two attached hydrogens (primary N) is 1. The fraction of sp³-hybridized carbons (Fsp3) is 0.333. The van der Waals surface area contributed by atoms with Gasteiger partial charge in [-0.05, 0) is 24.1 Å². The van der Waals surface area contributed by atoms with Crippen LogP contribution in [0.4, 0.5) is 6.01 Å². The van der Waals surface area contributed by atoms with E-state index in [1.807, 2.05) is 31.2 Å². The van der Waals surface area contributed by atoms with Crippen LogP contribution in [-0.2, 0) is 6.42 Å². The highest BCUT2D eigenvalue weighted by molar-refractivity contribution is 5.28. The lowest BCUT2D eigenvalue weighted by Crippen LogP contribution is -2.01. The standard InChI is InChI=1S/C12H15N3O2/c1-8(11-14-12(13)17-15-11)7-9-3-5-10(16-2)6-4-9/h3-6,8H,7H2,1-2H3,(H2,13,14,15)/t8-/m0/s1. The highest BCUT2D eigenvalue weighted by Gasteiger charge is 2.13. The van der Waals surface area contributed by atoms with Gasteiger partial charge in [0.2, 0.25) is 0 Å². The number of aromatic nitrogens is 2. The fourth-order valence-electron chi connectivity index (χ4n) is 1.65. The SMILES string of the molecule is COc1ccc(C[C@H](C)c2noc(N)n2)cc1. The molecular weight excluding hydrogens is 218 g/mol. The van der Waals surface area contributed by atoms with E-state index in [4.69, 9.17) is 15.0 Å². The van der Waals surface area contributed by atoms with E-state index in [9.17, 15) is 0 Å². The first-order valence-electron chi connectivity index (χ1n) is 5.41. The topological polar surface area (TPSA) is 74.2 Å². The highest BCUT2D eigenvalue weighted by Crippen LogP contribution is 2.20. The first-order chi connectivity index (χ1) is 8.19. The second kappa shape index (κ2) is 4.86. The first kappa shape index (κ1) is 11.4. The molecule has 0 saturated carbocycles. The Balaban J connectivity index is 2.04. The van der Waals surface area contributed by atoms with Crippen LogP contribution in [0.15, 0.2) is 28.8 Å². The summed E-state index contributed by atoms with van der Waals surface area (Å²) in [6.45, 7) is 2.04. The molecule has 1 atom stereocenters. The van der Waals surface area contributed by atoms with E-state index >= 15 is 0 Å². The van der Waals surface area contributed by atoms with Crippen LogP contribution in [0.25, 0.3) is 0 Å². The number of ether oxygens (including phenoxy) is 1. The molecule has 17 heavy (non-hydrogen) atoms. The van der Waals surface area contributed by atoms with Crippen molar-refractivity contribution in [3.63, 3.8) is 0 Å². The minimum absolute atomic E-state index is 0.113. The maximum Gasteiger partial charge on any atom is 0.318 e. The summed E-state index contributed by atoms with van der Waals surface area (Å²) in [5.41, 5.74) is 6.59. The Bertz CT molecular complexity index is 479. The molecule has 0 bridgehead atoms. The van der Waals surface area contributed by atoms with E-state index in [2.05, 4.69) is 10.1 Å². The minimum Gasteiger partial charge on any atom is -0.497 e. The molecule has 0 unspecified atom stereocenters. The summed E-state index contributed by atoms with van der Waals surface area (Å²) in [4.78, 5) is 4.02. The number of rotatable bonds is 4. The molecule has 0 radical (unpaired) electrons. The lowest BCUT2D eigenvalue weighted by molar-refractivity contribution is 0.414. The van der Waals surface area contributed by atoms with Crippen LogP contribution in [0.3, 0.4) is 0 Å². The Kier molecular flexibility index (Phi) is 3.27. The molecule has 2 rings (SSSR count). The van der Waals surface area contributed by atoms with Gasteiger partial charge in [0.15, 0.2) is 5.82 Å². The lowest BCUT2D eigenvalue weighted by atomic mass is 10.0. The molecular formula is C12H15N3O2. The fourth-order valence-corrected chi connectivity index (χ4v) is 1.65. The Hall–Kier alpha value is -2.04. The summed E-state index contributed by atoms with van der Waals surface area (Å²) in [7, 11) is 1.65. The van der Waals surface area contributed by atoms with Gasteiger partial charge in [-0.2, -0.15) is 4.98 Å². The maximum atomic E-state index is 5.39. The van der Waals surface area contributed by atoms with E-state index in [0.717, 1.165) is 12.2 Å². The van der Waals surface area contributed by atoms with Crippen molar-refractivity contribution in [2.75, 3.05) is 12.8 Å². The maximum absolute atomic E-state index is 5.39. The number of nitrogen functional groups attached to an aromatic ring is 1. The highest BCUT2D eigenvalue weighted by atomic mass is 16.5. The van der Waals surface area contributed by atoms with Crippen LogP contribution in [0.5, 0.6) is 5.75 Å². The number of hydrogen-bond donors (Lipinski definition) is 1. The number of nitrogens with zero attached hydrogens (tertiary/aromatic N) is 2. The van der Waals surface area contributed by atoms with Gasteiger partial charge in [-0.3, -0.25) is 0 Å². The zero-order valence-corrected chi connectivity index (χ0v) is 9.88. The largest absolute Gasteiger partial charge is 0.497 e. The van der Waals surface area contributed by atoms with E-state index in [0.29, 0.717) is 5.82 Å². The van der Waals surface area contributed by atoms with Crippen LogP contribution in [0.2, 0.25) is 0 Å². The third-order valence-corrected chi connectivity index (χ3v) is 2.60. The van der Waals surface area contributed by atoms with Crippen molar-refractivity contribution in [3.05, 3.63) is 35.7 Å². The van der Waals surface area contributed by atoms with Gasteiger partial charge in [-0.15, -0.1) is 0 Å².